The number of carbonyl (C=O) groups is 5. The summed E-state index contributed by atoms with van der Waals surface area (Å²) in [5.74, 6) is -7.80. The molecule has 3 heterocycles. The maximum atomic E-state index is 14.5. The molecule has 0 aromatic heterocycles. The van der Waals surface area contributed by atoms with Crippen LogP contribution in [0.4, 0.5) is 0 Å². The number of benzene rings is 1. The number of fused-ring (bicyclic) bond motifs is 3. The Morgan fingerprint density at radius 1 is 0.868 bits per heavy atom. The molecule has 0 spiro atoms. The number of ether oxygens (including phenoxy) is 6. The minimum atomic E-state index is -2.52. The summed E-state index contributed by atoms with van der Waals surface area (Å²) in [6, 6.07) is 2.64. The lowest BCUT2D eigenvalue weighted by atomic mass is 9.81. The van der Waals surface area contributed by atoms with Crippen LogP contribution in [0.5, 0.6) is 0 Å². The molecule has 1 saturated carbocycles. The van der Waals surface area contributed by atoms with Crippen LogP contribution in [0.2, 0.25) is 0 Å². The van der Waals surface area contributed by atoms with Crippen LogP contribution in [0, 0.1) is 50.4 Å². The van der Waals surface area contributed by atoms with E-state index in [0.29, 0.717) is 62.5 Å². The van der Waals surface area contributed by atoms with E-state index in [1.807, 2.05) is 65.8 Å². The van der Waals surface area contributed by atoms with Crippen molar-refractivity contribution < 1.29 is 62.6 Å². The highest BCUT2D eigenvalue weighted by atomic mass is 16.7. The number of methoxy groups -OCH3 is 3. The monoisotopic (exact) mass is 952 g/mol. The Labute approximate surface area is 404 Å². The number of nitrogens with zero attached hydrogens (tertiary/aromatic N) is 1. The molecule has 14 atom stereocenters. The Morgan fingerprint density at radius 2 is 1.51 bits per heavy atom. The highest BCUT2D eigenvalue weighted by Gasteiger charge is 2.56. The summed E-state index contributed by atoms with van der Waals surface area (Å²) in [6.45, 7) is 17.2. The number of rotatable bonds is 10. The van der Waals surface area contributed by atoms with Gasteiger partial charge >= 0.3 is 5.97 Å². The highest BCUT2D eigenvalue weighted by molar-refractivity contribution is 6.39. The number of Topliss-reactive ketones (excluding diaryl/α,β-unsaturated/α-hetero) is 3. The lowest BCUT2D eigenvalue weighted by Gasteiger charge is -2.47. The van der Waals surface area contributed by atoms with Gasteiger partial charge in [-0.3, -0.25) is 19.2 Å². The van der Waals surface area contributed by atoms with Crippen molar-refractivity contribution in [3.05, 3.63) is 57.7 Å². The number of piperidine rings is 1. The van der Waals surface area contributed by atoms with Gasteiger partial charge in [0.25, 0.3) is 11.7 Å². The van der Waals surface area contributed by atoms with Crippen LogP contribution in [0.25, 0.3) is 0 Å². The number of ketones is 3. The van der Waals surface area contributed by atoms with Crippen LogP contribution in [0.1, 0.15) is 139 Å². The Bertz CT molecular complexity index is 1990. The van der Waals surface area contributed by atoms with Gasteiger partial charge in [-0.1, -0.05) is 45.4 Å². The Morgan fingerprint density at radius 3 is 2.15 bits per heavy atom. The number of hydrogen-bond acceptors (Lipinski definition) is 13. The van der Waals surface area contributed by atoms with Crippen LogP contribution in [0.3, 0.4) is 0 Å². The highest BCUT2D eigenvalue weighted by Crippen LogP contribution is 2.39. The van der Waals surface area contributed by atoms with Crippen LogP contribution in [-0.4, -0.2) is 133 Å². The zero-order chi connectivity index (χ0) is 50.2. The third-order valence-electron chi connectivity index (χ3n) is 15.5. The van der Waals surface area contributed by atoms with Crippen LogP contribution >= 0.6 is 0 Å². The van der Waals surface area contributed by atoms with E-state index in [-0.39, 0.29) is 68.0 Å². The number of hydrogen-bond donors (Lipinski definition) is 2. The Hall–Kier alpha value is -3.63. The number of esters is 1. The topological polar surface area (TPSA) is 184 Å². The molecule has 2 bridgehead atoms. The summed E-state index contributed by atoms with van der Waals surface area (Å²) in [5, 5.41) is 24.0. The molecule has 14 nitrogen and oxygen atoms in total. The van der Waals surface area contributed by atoms with Gasteiger partial charge in [0.2, 0.25) is 5.79 Å². The predicted octanol–water partition coefficient (Wildman–Crippen LogP) is 7.31. The average molecular weight is 952 g/mol. The number of aliphatic hydroxyl groups excluding tert-OH is 1. The van der Waals surface area contributed by atoms with Gasteiger partial charge in [-0.15, -0.1) is 0 Å². The van der Waals surface area contributed by atoms with Gasteiger partial charge in [0.15, 0.2) is 5.78 Å². The summed E-state index contributed by atoms with van der Waals surface area (Å²) in [5.41, 5.74) is 5.51. The van der Waals surface area contributed by atoms with E-state index >= 15 is 0 Å². The molecule has 68 heavy (non-hydrogen) atoms. The van der Waals surface area contributed by atoms with E-state index in [9.17, 15) is 34.2 Å². The number of allylic oxidation sites excluding steroid dienone is 3. The molecule has 14 unspecified atom stereocenters. The predicted molar refractivity (Wildman–Crippen MR) is 257 cm³/mol. The molecule has 1 aromatic carbocycles. The second-order valence-corrected chi connectivity index (χ2v) is 20.6. The first kappa shape index (κ1) is 55.3. The van der Waals surface area contributed by atoms with E-state index < -0.39 is 77.8 Å². The fourth-order valence-corrected chi connectivity index (χ4v) is 11.0. The van der Waals surface area contributed by atoms with Gasteiger partial charge in [-0.2, -0.15) is 0 Å². The number of cyclic esters (lactones) is 1. The van der Waals surface area contributed by atoms with E-state index in [1.54, 1.807) is 21.0 Å². The van der Waals surface area contributed by atoms with Crippen molar-refractivity contribution in [2.24, 2.45) is 29.6 Å². The molecule has 1 aromatic rings. The average Bonchev–Trinajstić information content (AvgIpc) is 3.31. The molecule has 0 radical (unpaired) electrons. The first-order valence-electron chi connectivity index (χ1n) is 25.0. The minimum absolute atomic E-state index is 0.0194. The molecule has 14 heteroatoms. The second-order valence-electron chi connectivity index (χ2n) is 20.6. The van der Waals surface area contributed by atoms with Gasteiger partial charge in [0, 0.05) is 57.6 Å². The maximum Gasteiger partial charge on any atom is 0.329 e. The summed E-state index contributed by atoms with van der Waals surface area (Å²) in [7, 11) is 4.69. The quantitative estimate of drug-likeness (QED) is 0.103. The fraction of sp³-hybridized carbons (Fsp3) is 0.722. The van der Waals surface area contributed by atoms with E-state index in [0.717, 1.165) is 22.3 Å². The third kappa shape index (κ3) is 13.0. The molecule has 1 amide bonds. The minimum Gasteiger partial charge on any atom is -0.456 e. The normalized spacial score (nSPS) is 35.5. The summed E-state index contributed by atoms with van der Waals surface area (Å²) in [6.07, 6.45) is 3.87. The molecule has 1 aliphatic carbocycles. The summed E-state index contributed by atoms with van der Waals surface area (Å²) < 4.78 is 36.6. The molecule has 2 saturated heterocycles. The molecular weight excluding hydrogens is 871 g/mol. The molecule has 4 aliphatic rings. The van der Waals surface area contributed by atoms with Gasteiger partial charge in [0.05, 0.1) is 30.5 Å². The van der Waals surface area contributed by atoms with Crippen molar-refractivity contribution in [2.45, 2.75) is 187 Å². The number of aliphatic hydroxyl groups is 2. The smallest absolute Gasteiger partial charge is 0.329 e. The van der Waals surface area contributed by atoms with Crippen molar-refractivity contribution in [2.75, 3.05) is 34.5 Å². The van der Waals surface area contributed by atoms with Crippen molar-refractivity contribution in [1.29, 1.82) is 0 Å². The first-order chi connectivity index (χ1) is 32.2. The lowest BCUT2D eigenvalue weighted by molar-refractivity contribution is -0.302. The van der Waals surface area contributed by atoms with Gasteiger partial charge in [-0.05, 0) is 145 Å². The fourth-order valence-electron chi connectivity index (χ4n) is 11.0. The van der Waals surface area contributed by atoms with Crippen LogP contribution in [0.15, 0.2) is 35.4 Å². The molecule has 2 N–H and O–H groups in total. The Balaban J connectivity index is 1.44. The van der Waals surface area contributed by atoms with Crippen molar-refractivity contribution >= 4 is 29.2 Å². The van der Waals surface area contributed by atoms with Crippen LogP contribution in [-0.2, 0) is 47.6 Å². The van der Waals surface area contributed by atoms with E-state index in [4.69, 9.17) is 28.4 Å². The number of amides is 1. The van der Waals surface area contributed by atoms with Crippen molar-refractivity contribution in [3.63, 3.8) is 0 Å². The maximum absolute atomic E-state index is 14.5. The SMILES string of the molecule is CCC1C=C(C)CC(C)CC(OC)C2OC(O)(C(=O)C(=O)N3CCCCC3C(=O)OC(C(C)=CC3CCC(OCC(=O)c4cc(C)c(C)c(C)c4)C(OC)C3)C(C)C(O)CC1=O)C(C)CC2OC. The standard InChI is InChI=1S/C54H81NO13/c1-13-39-21-30(2)20-31(3)22-47(64-11)50-48(65-12)26-35(7)54(62,68-50)51(59)52(60)55-19-15-14-16-41(55)53(61)67-49(37(9)42(56)28-43(39)57)34(6)23-38-17-18-45(46(27-38)63-10)66-29-44(58)40-24-32(4)36(8)33(5)25-40/h21,23-25,31,35,37-39,41-42,45-50,56,62H,13-20,22,26-29H2,1-12H3. The lowest BCUT2D eigenvalue weighted by Crippen LogP contribution is -2.64. The third-order valence-corrected chi connectivity index (χ3v) is 15.5. The van der Waals surface area contributed by atoms with Gasteiger partial charge in [-0.25, -0.2) is 4.79 Å². The van der Waals surface area contributed by atoms with Crippen molar-refractivity contribution in [3.8, 4) is 0 Å². The number of carbonyl (C=O) groups excluding carboxylic acids is 5. The summed E-state index contributed by atoms with van der Waals surface area (Å²) >= 11 is 0. The molecule has 3 fully saturated rings. The van der Waals surface area contributed by atoms with Crippen LogP contribution < -0.4 is 0 Å². The van der Waals surface area contributed by atoms with Gasteiger partial charge in [0.1, 0.15) is 30.6 Å². The van der Waals surface area contributed by atoms with E-state index in [2.05, 4.69) is 6.92 Å². The van der Waals surface area contributed by atoms with Gasteiger partial charge < -0.3 is 43.5 Å². The number of aryl methyl sites for hydroxylation is 2. The zero-order valence-electron chi connectivity index (χ0n) is 42.8. The molecule has 5 rings (SSSR count). The zero-order valence-corrected chi connectivity index (χ0v) is 42.8. The Kier molecular flexibility index (Phi) is 19.9. The van der Waals surface area contributed by atoms with Crippen molar-refractivity contribution in [1.82, 2.24) is 4.90 Å². The summed E-state index contributed by atoms with van der Waals surface area (Å²) in [4.78, 5) is 71.7. The largest absolute Gasteiger partial charge is 0.456 e. The molecule has 380 valence electrons. The molecular formula is C54H81NO13. The first-order valence-corrected chi connectivity index (χ1v) is 25.0. The van der Waals surface area contributed by atoms with E-state index in [1.165, 1.54) is 19.1 Å². The molecule has 3 aliphatic heterocycles. The second kappa shape index (κ2) is 24.5.